The van der Waals surface area contributed by atoms with Crippen LogP contribution in [0, 0.1) is 29.4 Å². The van der Waals surface area contributed by atoms with Gasteiger partial charge in [0, 0.05) is 25.2 Å². The van der Waals surface area contributed by atoms with Crippen molar-refractivity contribution in [1.82, 2.24) is 14.9 Å². The molecular formula is C31H30F4N4O4. The molecule has 2 bridgehead atoms. The molecule has 0 radical (unpaired) electrons. The van der Waals surface area contributed by atoms with Gasteiger partial charge >= 0.3 is 5.92 Å². The third-order valence-electron chi connectivity index (χ3n) is 9.66. The van der Waals surface area contributed by atoms with Gasteiger partial charge in [-0.15, -0.1) is 0 Å². The second-order valence-corrected chi connectivity index (χ2v) is 12.8. The summed E-state index contributed by atoms with van der Waals surface area (Å²) >= 11 is 0. The fraction of sp³-hybridized carbons (Fsp3) is 0.452. The van der Waals surface area contributed by atoms with Crippen molar-refractivity contribution in [3.05, 3.63) is 75.6 Å². The number of nitrogens with zero attached hydrogens (tertiary/aromatic N) is 3. The van der Waals surface area contributed by atoms with Gasteiger partial charge in [0.25, 0.3) is 5.91 Å². The van der Waals surface area contributed by atoms with E-state index in [1.807, 2.05) is 6.92 Å². The van der Waals surface area contributed by atoms with Gasteiger partial charge in [0.1, 0.15) is 23.0 Å². The Balaban J connectivity index is 1.31. The van der Waals surface area contributed by atoms with Crippen LogP contribution in [0.15, 0.2) is 53.0 Å². The molecule has 226 valence electrons. The number of halogens is 4. The van der Waals surface area contributed by atoms with Crippen LogP contribution in [0.5, 0.6) is 0 Å². The van der Waals surface area contributed by atoms with E-state index in [1.54, 1.807) is 0 Å². The van der Waals surface area contributed by atoms with E-state index in [-0.39, 0.29) is 34.6 Å². The van der Waals surface area contributed by atoms with Crippen LogP contribution in [-0.4, -0.2) is 56.0 Å². The number of carbonyl (C=O) groups excluding carboxylic acids is 1. The monoisotopic (exact) mass is 598 g/mol. The zero-order chi connectivity index (χ0) is 30.5. The molecule has 4 atom stereocenters. The second-order valence-electron chi connectivity index (χ2n) is 12.8. The number of amides is 1. The fourth-order valence-corrected chi connectivity index (χ4v) is 7.53. The van der Waals surface area contributed by atoms with Crippen molar-refractivity contribution in [3.8, 4) is 5.69 Å². The summed E-state index contributed by atoms with van der Waals surface area (Å²) in [6.07, 6.45) is 6.56. The number of alkyl halides is 2. The van der Waals surface area contributed by atoms with Crippen molar-refractivity contribution in [1.29, 1.82) is 0 Å². The maximum absolute atomic E-state index is 15.1. The molecule has 4 aliphatic rings. The van der Waals surface area contributed by atoms with Crippen LogP contribution in [0.3, 0.4) is 0 Å². The number of aromatic nitrogens is 2. The van der Waals surface area contributed by atoms with Gasteiger partial charge in [-0.1, -0.05) is 11.6 Å². The predicted octanol–water partition coefficient (Wildman–Crippen LogP) is 4.05. The lowest BCUT2D eigenvalue weighted by Gasteiger charge is -2.41. The SMILES string of the molecule is CC1(NC(=O)c2cn(-c3ccc(F)cc3F)c3nc(N4CCC(O)(O)C(F)(F)C4)ccc3c2=O)C=C2CC3CC(CC23)C1. The first-order chi connectivity index (χ1) is 20.2. The molecule has 7 rings (SSSR count). The summed E-state index contributed by atoms with van der Waals surface area (Å²) in [7, 11) is 0. The van der Waals surface area contributed by atoms with Gasteiger partial charge in [0.05, 0.1) is 23.2 Å². The minimum Gasteiger partial charge on any atom is -0.361 e. The number of fused-ring (bicyclic) bond motifs is 2. The summed E-state index contributed by atoms with van der Waals surface area (Å²) in [5, 5.41) is 22.4. The van der Waals surface area contributed by atoms with Crippen LogP contribution in [0.1, 0.15) is 49.4 Å². The number of hydrogen-bond donors (Lipinski definition) is 3. The first-order valence-electron chi connectivity index (χ1n) is 14.4. The summed E-state index contributed by atoms with van der Waals surface area (Å²) in [6, 6.07) is 5.42. The lowest BCUT2D eigenvalue weighted by atomic mass is 9.69. The lowest BCUT2D eigenvalue weighted by molar-refractivity contribution is -0.300. The standard InChI is InChI=1S/C31H30F4N4O4/c1-29(12-16-8-17-10-18(13-29)21(17)9-16)37-28(41)22-14-39(24-4-2-19(32)11-23(24)33)27-20(26(22)40)3-5-25(36-27)38-7-6-31(42,43)30(34,35)15-38/h2-5,11,13-14,16-17,21,42-43H,6-10,12,15H2,1H3,(H,37,41). The highest BCUT2D eigenvalue weighted by atomic mass is 19.3. The zero-order valence-corrected chi connectivity index (χ0v) is 23.3. The van der Waals surface area contributed by atoms with Gasteiger partial charge in [-0.05, 0) is 74.6 Å². The average molecular weight is 599 g/mol. The molecule has 2 saturated carbocycles. The van der Waals surface area contributed by atoms with E-state index in [4.69, 9.17) is 0 Å². The Hall–Kier alpha value is -3.77. The van der Waals surface area contributed by atoms with Crippen molar-refractivity contribution in [2.75, 3.05) is 18.0 Å². The quantitative estimate of drug-likeness (QED) is 0.238. The molecule has 43 heavy (non-hydrogen) atoms. The maximum Gasteiger partial charge on any atom is 0.317 e. The third kappa shape index (κ3) is 4.53. The van der Waals surface area contributed by atoms with E-state index < -0.39 is 53.2 Å². The second kappa shape index (κ2) is 9.36. The Kier molecular flexibility index (Phi) is 6.10. The number of piperidine rings is 1. The van der Waals surface area contributed by atoms with Gasteiger partial charge in [0.15, 0.2) is 5.65 Å². The normalized spacial score (nSPS) is 28.7. The smallest absolute Gasteiger partial charge is 0.317 e. The first-order valence-corrected chi connectivity index (χ1v) is 14.4. The Bertz CT molecular complexity index is 1770. The molecule has 3 heterocycles. The summed E-state index contributed by atoms with van der Waals surface area (Å²) in [5.41, 5.74) is -0.661. The number of aliphatic hydroxyl groups is 2. The average Bonchev–Trinajstić information content (AvgIpc) is 3.18. The van der Waals surface area contributed by atoms with Crippen molar-refractivity contribution < 1.29 is 32.6 Å². The van der Waals surface area contributed by atoms with E-state index in [0.717, 1.165) is 59.4 Å². The number of rotatable bonds is 4. The molecule has 3 N–H and O–H groups in total. The van der Waals surface area contributed by atoms with E-state index >= 15 is 4.39 Å². The molecule has 3 aliphatic carbocycles. The van der Waals surface area contributed by atoms with Crippen LogP contribution in [-0.2, 0) is 0 Å². The molecule has 1 amide bonds. The summed E-state index contributed by atoms with van der Waals surface area (Å²) < 4.78 is 59.0. The molecule has 1 aliphatic heterocycles. The highest BCUT2D eigenvalue weighted by Crippen LogP contribution is 2.57. The molecule has 12 heteroatoms. The van der Waals surface area contributed by atoms with Crippen molar-refractivity contribution in [2.45, 2.75) is 56.3 Å². The van der Waals surface area contributed by atoms with Crippen LogP contribution < -0.4 is 15.6 Å². The molecule has 1 aromatic carbocycles. The Morgan fingerprint density at radius 1 is 1.14 bits per heavy atom. The minimum atomic E-state index is -3.88. The van der Waals surface area contributed by atoms with Crippen LogP contribution in [0.4, 0.5) is 23.4 Å². The molecular weight excluding hydrogens is 568 g/mol. The number of allylic oxidation sites excluding steroid dienone is 1. The largest absolute Gasteiger partial charge is 0.361 e. The van der Waals surface area contributed by atoms with Gasteiger partial charge in [-0.2, -0.15) is 8.78 Å². The van der Waals surface area contributed by atoms with Gasteiger partial charge in [-0.25, -0.2) is 13.8 Å². The van der Waals surface area contributed by atoms with Crippen LogP contribution in [0.25, 0.3) is 16.7 Å². The third-order valence-corrected chi connectivity index (χ3v) is 9.66. The summed E-state index contributed by atoms with van der Waals surface area (Å²) in [4.78, 5) is 32.9. The molecule has 8 nitrogen and oxygen atoms in total. The summed E-state index contributed by atoms with van der Waals surface area (Å²) in [6.45, 7) is 0.680. The number of benzene rings is 1. The number of pyridine rings is 2. The van der Waals surface area contributed by atoms with Gasteiger partial charge < -0.3 is 20.4 Å². The van der Waals surface area contributed by atoms with E-state index in [9.17, 15) is 33.0 Å². The molecule has 3 aromatic rings. The van der Waals surface area contributed by atoms with Gasteiger partial charge in [0.2, 0.25) is 11.2 Å². The minimum absolute atomic E-state index is 0.0259. The Morgan fingerprint density at radius 3 is 2.67 bits per heavy atom. The van der Waals surface area contributed by atoms with Crippen molar-refractivity contribution in [2.24, 2.45) is 17.8 Å². The number of carbonyl (C=O) groups is 1. The van der Waals surface area contributed by atoms with Crippen molar-refractivity contribution >= 4 is 22.8 Å². The van der Waals surface area contributed by atoms with E-state index in [1.165, 1.54) is 17.7 Å². The van der Waals surface area contributed by atoms with Crippen LogP contribution >= 0.6 is 0 Å². The number of hydrogen-bond acceptors (Lipinski definition) is 6. The molecule has 4 unspecified atom stereocenters. The molecule has 0 spiro atoms. The number of anilines is 1. The summed E-state index contributed by atoms with van der Waals surface area (Å²) in [5.74, 6) is -7.83. The maximum atomic E-state index is 15.1. The molecule has 2 aromatic heterocycles. The Labute approximate surface area is 243 Å². The van der Waals surface area contributed by atoms with E-state index in [0.29, 0.717) is 17.9 Å². The Morgan fingerprint density at radius 2 is 1.93 bits per heavy atom. The predicted molar refractivity (Wildman–Crippen MR) is 149 cm³/mol. The van der Waals surface area contributed by atoms with Gasteiger partial charge in [-0.3, -0.25) is 14.2 Å². The zero-order valence-electron chi connectivity index (χ0n) is 23.3. The fourth-order valence-electron chi connectivity index (χ4n) is 7.53. The topological polar surface area (TPSA) is 108 Å². The highest BCUT2D eigenvalue weighted by Gasteiger charge is 2.55. The van der Waals surface area contributed by atoms with Crippen molar-refractivity contribution in [3.63, 3.8) is 0 Å². The van der Waals surface area contributed by atoms with Crippen LogP contribution in [0.2, 0.25) is 0 Å². The molecule has 1 saturated heterocycles. The lowest BCUT2D eigenvalue weighted by Crippen LogP contribution is -2.60. The number of nitrogens with one attached hydrogen (secondary N) is 1. The highest BCUT2D eigenvalue weighted by molar-refractivity contribution is 5.98. The molecule has 3 fully saturated rings. The first kappa shape index (κ1) is 28.0. The van der Waals surface area contributed by atoms with E-state index in [2.05, 4.69) is 16.4 Å².